The van der Waals surface area contributed by atoms with E-state index < -0.39 is 11.8 Å². The first-order valence-electron chi connectivity index (χ1n) is 4.87. The molecule has 2 aromatic rings. The van der Waals surface area contributed by atoms with Gasteiger partial charge >= 0.3 is 5.97 Å². The largest absolute Gasteiger partial charge is 0.478 e. The van der Waals surface area contributed by atoms with Gasteiger partial charge in [-0.2, -0.15) is 0 Å². The number of nitrogens with zero attached hydrogens (tertiary/aromatic N) is 1. The molecule has 0 aliphatic carbocycles. The lowest BCUT2D eigenvalue weighted by Crippen LogP contribution is -2.00. The van der Waals surface area contributed by atoms with Gasteiger partial charge in [0.25, 0.3) is 0 Å². The fraction of sp³-hybridized carbons (Fsp3) is 0. The molecule has 0 saturated heterocycles. The van der Waals surface area contributed by atoms with Gasteiger partial charge in [0.05, 0.1) is 23.1 Å². The Labute approximate surface area is 96.7 Å². The Bertz CT molecular complexity index is 543. The van der Waals surface area contributed by atoms with Crippen molar-refractivity contribution in [1.29, 1.82) is 0 Å². The molecule has 86 valence electrons. The number of hydrogen-bond acceptors (Lipinski definition) is 3. The zero-order valence-corrected chi connectivity index (χ0v) is 8.72. The number of pyridine rings is 1. The number of carboxylic acid groups (broad SMARTS) is 1. The number of halogens is 1. The van der Waals surface area contributed by atoms with Gasteiger partial charge in [0.15, 0.2) is 0 Å². The molecule has 5 heteroatoms. The van der Waals surface area contributed by atoms with E-state index in [9.17, 15) is 9.18 Å². The van der Waals surface area contributed by atoms with Gasteiger partial charge in [-0.15, -0.1) is 0 Å². The minimum atomic E-state index is -1.10. The molecule has 0 atom stereocenters. The summed E-state index contributed by atoms with van der Waals surface area (Å²) in [6, 6.07) is 6.97. The third kappa shape index (κ3) is 2.57. The second-order valence-corrected chi connectivity index (χ2v) is 3.37. The lowest BCUT2D eigenvalue weighted by Gasteiger charge is -2.07. The van der Waals surface area contributed by atoms with E-state index in [4.69, 9.17) is 5.11 Å². The van der Waals surface area contributed by atoms with Gasteiger partial charge in [0, 0.05) is 6.20 Å². The Hall–Kier alpha value is -2.43. The van der Waals surface area contributed by atoms with Crippen LogP contribution in [0.4, 0.5) is 15.8 Å². The summed E-state index contributed by atoms with van der Waals surface area (Å²) in [7, 11) is 0. The van der Waals surface area contributed by atoms with E-state index in [1.807, 2.05) is 0 Å². The van der Waals surface area contributed by atoms with E-state index in [0.717, 1.165) is 6.07 Å². The van der Waals surface area contributed by atoms with Crippen molar-refractivity contribution in [2.24, 2.45) is 0 Å². The quantitative estimate of drug-likeness (QED) is 0.853. The molecule has 0 aliphatic rings. The van der Waals surface area contributed by atoms with Crippen LogP contribution in [0.5, 0.6) is 0 Å². The first-order valence-corrected chi connectivity index (χ1v) is 4.87. The molecule has 0 fully saturated rings. The molecule has 17 heavy (non-hydrogen) atoms. The normalized spacial score (nSPS) is 9.94. The standard InChI is InChI=1S/C12H9FN2O2/c13-10-4-3-8(12(16)17)6-11(10)15-9-2-1-5-14-7-9/h1-7,15H,(H,16,17). The number of hydrogen-bond donors (Lipinski definition) is 2. The van der Waals surface area contributed by atoms with Gasteiger partial charge in [-0.1, -0.05) is 0 Å². The van der Waals surface area contributed by atoms with Gasteiger partial charge in [-0.05, 0) is 30.3 Å². The molecule has 0 saturated carbocycles. The minimum Gasteiger partial charge on any atom is -0.478 e. The molecule has 0 radical (unpaired) electrons. The lowest BCUT2D eigenvalue weighted by molar-refractivity contribution is 0.0697. The molecule has 0 unspecified atom stereocenters. The Morgan fingerprint density at radius 3 is 2.82 bits per heavy atom. The molecule has 0 aliphatic heterocycles. The number of carboxylic acids is 1. The number of rotatable bonds is 3. The predicted molar refractivity (Wildman–Crippen MR) is 60.9 cm³/mol. The van der Waals surface area contributed by atoms with Gasteiger partial charge in [-0.25, -0.2) is 9.18 Å². The molecule has 4 nitrogen and oxygen atoms in total. The van der Waals surface area contributed by atoms with Crippen LogP contribution in [0.3, 0.4) is 0 Å². The van der Waals surface area contributed by atoms with Crippen molar-refractivity contribution >= 4 is 17.3 Å². The number of anilines is 2. The summed E-state index contributed by atoms with van der Waals surface area (Å²) in [5.41, 5.74) is 0.727. The van der Waals surface area contributed by atoms with Crippen LogP contribution in [0.1, 0.15) is 10.4 Å². The Morgan fingerprint density at radius 2 is 2.18 bits per heavy atom. The smallest absolute Gasteiger partial charge is 0.335 e. The summed E-state index contributed by atoms with van der Waals surface area (Å²) < 4.78 is 13.4. The third-order valence-corrected chi connectivity index (χ3v) is 2.15. The van der Waals surface area contributed by atoms with Crippen LogP contribution in [-0.4, -0.2) is 16.1 Å². The molecular formula is C12H9FN2O2. The average molecular weight is 232 g/mol. The van der Waals surface area contributed by atoms with Crippen LogP contribution in [0, 0.1) is 5.82 Å². The number of carbonyl (C=O) groups is 1. The van der Waals surface area contributed by atoms with Gasteiger partial charge in [0.2, 0.25) is 0 Å². The van der Waals surface area contributed by atoms with E-state index >= 15 is 0 Å². The zero-order valence-electron chi connectivity index (χ0n) is 8.72. The zero-order chi connectivity index (χ0) is 12.3. The van der Waals surface area contributed by atoms with E-state index in [1.165, 1.54) is 18.3 Å². The first-order chi connectivity index (χ1) is 8.16. The summed E-state index contributed by atoms with van der Waals surface area (Å²) in [5.74, 6) is -1.61. The summed E-state index contributed by atoms with van der Waals surface area (Å²) in [6.45, 7) is 0. The highest BCUT2D eigenvalue weighted by atomic mass is 19.1. The van der Waals surface area contributed by atoms with Gasteiger partial charge in [0.1, 0.15) is 5.82 Å². The molecule has 1 aromatic carbocycles. The Morgan fingerprint density at radius 1 is 1.35 bits per heavy atom. The van der Waals surface area contributed by atoms with Crippen molar-refractivity contribution in [3.63, 3.8) is 0 Å². The highest BCUT2D eigenvalue weighted by Crippen LogP contribution is 2.20. The van der Waals surface area contributed by atoms with Crippen LogP contribution < -0.4 is 5.32 Å². The molecular weight excluding hydrogens is 223 g/mol. The van der Waals surface area contributed by atoms with Crippen LogP contribution in [0.15, 0.2) is 42.7 Å². The predicted octanol–water partition coefficient (Wildman–Crippen LogP) is 2.66. The molecule has 2 rings (SSSR count). The summed E-state index contributed by atoms with van der Waals surface area (Å²) in [6.07, 6.45) is 3.11. The summed E-state index contributed by atoms with van der Waals surface area (Å²) in [4.78, 5) is 14.6. The maximum absolute atomic E-state index is 13.4. The highest BCUT2D eigenvalue weighted by molar-refractivity contribution is 5.89. The maximum atomic E-state index is 13.4. The fourth-order valence-corrected chi connectivity index (χ4v) is 1.35. The van der Waals surface area contributed by atoms with E-state index in [1.54, 1.807) is 18.3 Å². The summed E-state index contributed by atoms with van der Waals surface area (Å²) in [5, 5.41) is 11.6. The number of aromatic nitrogens is 1. The average Bonchev–Trinajstić information content (AvgIpc) is 2.33. The molecule has 1 aromatic heterocycles. The topological polar surface area (TPSA) is 62.2 Å². The van der Waals surface area contributed by atoms with Gasteiger partial charge in [-0.3, -0.25) is 4.98 Å². The molecule has 0 spiro atoms. The number of benzene rings is 1. The lowest BCUT2D eigenvalue weighted by atomic mass is 10.2. The second kappa shape index (κ2) is 4.61. The van der Waals surface area contributed by atoms with Crippen LogP contribution in [-0.2, 0) is 0 Å². The molecule has 0 bridgehead atoms. The van der Waals surface area contributed by atoms with Crippen LogP contribution in [0.2, 0.25) is 0 Å². The number of nitrogens with one attached hydrogen (secondary N) is 1. The first kappa shape index (κ1) is 11.1. The van der Waals surface area contributed by atoms with E-state index in [-0.39, 0.29) is 11.3 Å². The van der Waals surface area contributed by atoms with Crippen molar-refractivity contribution in [2.75, 3.05) is 5.32 Å². The second-order valence-electron chi connectivity index (χ2n) is 3.37. The van der Waals surface area contributed by atoms with Crippen LogP contribution >= 0.6 is 0 Å². The molecule has 2 N–H and O–H groups in total. The van der Waals surface area contributed by atoms with E-state index in [2.05, 4.69) is 10.3 Å². The minimum absolute atomic E-state index is 0.0257. The Kier molecular flexibility index (Phi) is 3.00. The van der Waals surface area contributed by atoms with Crippen LogP contribution in [0.25, 0.3) is 0 Å². The Balaban J connectivity index is 2.32. The summed E-state index contributed by atoms with van der Waals surface area (Å²) >= 11 is 0. The van der Waals surface area contributed by atoms with Crippen molar-refractivity contribution in [3.05, 3.63) is 54.1 Å². The highest BCUT2D eigenvalue weighted by Gasteiger charge is 2.08. The van der Waals surface area contributed by atoms with Crippen molar-refractivity contribution in [2.45, 2.75) is 0 Å². The monoisotopic (exact) mass is 232 g/mol. The molecule has 0 amide bonds. The SMILES string of the molecule is O=C(O)c1ccc(F)c(Nc2cccnc2)c1. The van der Waals surface area contributed by atoms with Crippen molar-refractivity contribution < 1.29 is 14.3 Å². The van der Waals surface area contributed by atoms with E-state index in [0.29, 0.717) is 5.69 Å². The third-order valence-electron chi connectivity index (χ3n) is 2.15. The van der Waals surface area contributed by atoms with Gasteiger partial charge < -0.3 is 10.4 Å². The fourth-order valence-electron chi connectivity index (χ4n) is 1.35. The van der Waals surface area contributed by atoms with Crippen molar-refractivity contribution in [3.8, 4) is 0 Å². The van der Waals surface area contributed by atoms with Crippen molar-refractivity contribution in [1.82, 2.24) is 4.98 Å². The number of aromatic carboxylic acids is 1. The maximum Gasteiger partial charge on any atom is 0.335 e. The molecule has 1 heterocycles.